The summed E-state index contributed by atoms with van der Waals surface area (Å²) >= 11 is 0. The number of hydrogen-bond donors (Lipinski definition) is 2. The maximum atomic E-state index is 11.4. The van der Waals surface area contributed by atoms with E-state index in [2.05, 4.69) is 10.6 Å². The van der Waals surface area contributed by atoms with Crippen molar-refractivity contribution in [2.45, 2.75) is 52.6 Å². The van der Waals surface area contributed by atoms with E-state index in [0.717, 1.165) is 0 Å². The molecule has 0 aromatic heterocycles. The third kappa shape index (κ3) is 2.84. The standard InChI is InChI=1S/C12H20N2O2/c1-11(2,3)13-7-8(10(16)9(7)15)14-12(4,5)6/h13-14H,1-6H3. The van der Waals surface area contributed by atoms with Crippen molar-refractivity contribution in [2.75, 3.05) is 10.6 Å². The summed E-state index contributed by atoms with van der Waals surface area (Å²) in [6, 6.07) is 0. The molecule has 0 radical (unpaired) electrons. The van der Waals surface area contributed by atoms with Gasteiger partial charge in [0, 0.05) is 11.1 Å². The molecule has 0 heterocycles. The van der Waals surface area contributed by atoms with E-state index >= 15 is 0 Å². The van der Waals surface area contributed by atoms with Crippen molar-refractivity contribution in [1.82, 2.24) is 0 Å². The molecule has 4 heteroatoms. The molecule has 1 aromatic carbocycles. The molecule has 0 saturated carbocycles. The Bertz CT molecular complexity index is 411. The van der Waals surface area contributed by atoms with E-state index in [0.29, 0.717) is 11.4 Å². The molecule has 0 atom stereocenters. The monoisotopic (exact) mass is 224 g/mol. The Morgan fingerprint density at radius 2 is 0.938 bits per heavy atom. The van der Waals surface area contributed by atoms with E-state index in [9.17, 15) is 9.59 Å². The largest absolute Gasteiger partial charge is 0.375 e. The lowest BCUT2D eigenvalue weighted by Gasteiger charge is -2.28. The predicted octanol–water partition coefficient (Wildman–Crippen LogP) is 1.70. The lowest BCUT2D eigenvalue weighted by atomic mass is 10.0. The van der Waals surface area contributed by atoms with Crippen molar-refractivity contribution in [3.63, 3.8) is 0 Å². The van der Waals surface area contributed by atoms with Crippen molar-refractivity contribution in [2.24, 2.45) is 0 Å². The van der Waals surface area contributed by atoms with Crippen molar-refractivity contribution in [3.05, 3.63) is 20.4 Å². The van der Waals surface area contributed by atoms with Gasteiger partial charge in [-0.3, -0.25) is 9.59 Å². The summed E-state index contributed by atoms with van der Waals surface area (Å²) in [5, 5.41) is 6.11. The zero-order valence-corrected chi connectivity index (χ0v) is 10.8. The van der Waals surface area contributed by atoms with Gasteiger partial charge in [0.2, 0.25) is 0 Å². The van der Waals surface area contributed by atoms with Crippen LogP contribution >= 0.6 is 0 Å². The molecule has 90 valence electrons. The van der Waals surface area contributed by atoms with Gasteiger partial charge in [-0.05, 0) is 41.5 Å². The number of nitrogens with one attached hydrogen (secondary N) is 2. The molecular weight excluding hydrogens is 204 g/mol. The summed E-state index contributed by atoms with van der Waals surface area (Å²) in [4.78, 5) is 22.9. The normalized spacial score (nSPS) is 12.9. The second-order valence-electron chi connectivity index (χ2n) is 6.16. The molecule has 0 fully saturated rings. The third-order valence-corrected chi connectivity index (χ3v) is 1.91. The van der Waals surface area contributed by atoms with E-state index < -0.39 is 10.9 Å². The van der Waals surface area contributed by atoms with Gasteiger partial charge in [0.1, 0.15) is 11.4 Å². The summed E-state index contributed by atoms with van der Waals surface area (Å²) in [6.07, 6.45) is 0. The smallest absolute Gasteiger partial charge is 0.253 e. The van der Waals surface area contributed by atoms with Crippen LogP contribution in [0.4, 0.5) is 11.4 Å². The summed E-state index contributed by atoms with van der Waals surface area (Å²) < 4.78 is 0. The maximum Gasteiger partial charge on any atom is 0.253 e. The van der Waals surface area contributed by atoms with E-state index in [4.69, 9.17) is 0 Å². The first kappa shape index (κ1) is 12.7. The van der Waals surface area contributed by atoms with Gasteiger partial charge in [-0.2, -0.15) is 0 Å². The van der Waals surface area contributed by atoms with Crippen LogP contribution in [-0.4, -0.2) is 11.1 Å². The quantitative estimate of drug-likeness (QED) is 0.751. The summed E-state index contributed by atoms with van der Waals surface area (Å²) in [5.74, 6) is 0. The van der Waals surface area contributed by atoms with Crippen LogP contribution in [0.15, 0.2) is 9.59 Å². The molecule has 0 unspecified atom stereocenters. The number of rotatable bonds is 2. The molecule has 2 N–H and O–H groups in total. The molecule has 0 amide bonds. The van der Waals surface area contributed by atoms with Gasteiger partial charge >= 0.3 is 0 Å². The number of hydrogen-bond acceptors (Lipinski definition) is 4. The van der Waals surface area contributed by atoms with Crippen LogP contribution in [0.1, 0.15) is 41.5 Å². The van der Waals surface area contributed by atoms with E-state index in [1.807, 2.05) is 41.5 Å². The molecule has 0 bridgehead atoms. The highest BCUT2D eigenvalue weighted by atomic mass is 16.2. The fourth-order valence-electron chi connectivity index (χ4n) is 1.38. The highest BCUT2D eigenvalue weighted by Crippen LogP contribution is 2.22. The predicted molar refractivity (Wildman–Crippen MR) is 68.1 cm³/mol. The van der Waals surface area contributed by atoms with Crippen LogP contribution < -0.4 is 21.5 Å². The van der Waals surface area contributed by atoms with Gasteiger partial charge in [-0.1, -0.05) is 0 Å². The average Bonchev–Trinajstić information content (AvgIpc) is 2.07. The van der Waals surface area contributed by atoms with Crippen LogP contribution in [0, 0.1) is 0 Å². The van der Waals surface area contributed by atoms with Crippen LogP contribution in [-0.2, 0) is 0 Å². The lowest BCUT2D eigenvalue weighted by molar-refractivity contribution is 0.620. The Hall–Kier alpha value is -1.32. The van der Waals surface area contributed by atoms with Gasteiger partial charge in [-0.25, -0.2) is 0 Å². The molecule has 1 aromatic rings. The molecule has 4 nitrogen and oxygen atoms in total. The van der Waals surface area contributed by atoms with Gasteiger partial charge in [-0.15, -0.1) is 0 Å². The zero-order valence-electron chi connectivity index (χ0n) is 10.8. The van der Waals surface area contributed by atoms with Gasteiger partial charge in [0.05, 0.1) is 0 Å². The average molecular weight is 224 g/mol. The van der Waals surface area contributed by atoms with Gasteiger partial charge in [0.25, 0.3) is 10.9 Å². The van der Waals surface area contributed by atoms with Crippen molar-refractivity contribution in [1.29, 1.82) is 0 Å². The Labute approximate surface area is 95.8 Å². The second kappa shape index (κ2) is 3.61. The summed E-state index contributed by atoms with van der Waals surface area (Å²) in [5.41, 5.74) is -0.490. The molecule has 0 saturated heterocycles. The Balaban J connectivity index is 3.00. The fourth-order valence-corrected chi connectivity index (χ4v) is 1.38. The highest BCUT2D eigenvalue weighted by molar-refractivity contribution is 5.75. The van der Waals surface area contributed by atoms with E-state index in [-0.39, 0.29) is 11.1 Å². The molecule has 0 aliphatic heterocycles. The molecule has 0 spiro atoms. The third-order valence-electron chi connectivity index (χ3n) is 1.91. The minimum absolute atomic E-state index is 0.226. The maximum absolute atomic E-state index is 11.4. The Kier molecular flexibility index (Phi) is 2.88. The van der Waals surface area contributed by atoms with Crippen molar-refractivity contribution < 1.29 is 0 Å². The first-order valence-electron chi connectivity index (χ1n) is 5.41. The highest BCUT2D eigenvalue weighted by Gasteiger charge is 2.26. The first-order chi connectivity index (χ1) is 7.01. The molecule has 1 rings (SSSR count). The first-order valence-corrected chi connectivity index (χ1v) is 5.41. The van der Waals surface area contributed by atoms with Crippen LogP contribution in [0.3, 0.4) is 0 Å². The SMILES string of the molecule is CC(C)(C)Nc1c(NC(C)(C)C)c(=O)c1=O. The molecule has 16 heavy (non-hydrogen) atoms. The second-order valence-corrected chi connectivity index (χ2v) is 6.16. The number of anilines is 2. The summed E-state index contributed by atoms with van der Waals surface area (Å²) in [6.45, 7) is 11.7. The van der Waals surface area contributed by atoms with E-state index in [1.165, 1.54) is 0 Å². The molecule has 0 aliphatic rings. The van der Waals surface area contributed by atoms with Crippen LogP contribution in [0.5, 0.6) is 0 Å². The minimum Gasteiger partial charge on any atom is -0.375 e. The van der Waals surface area contributed by atoms with E-state index in [1.54, 1.807) is 0 Å². The van der Waals surface area contributed by atoms with Crippen molar-refractivity contribution >= 4 is 11.4 Å². The Morgan fingerprint density at radius 1 is 0.688 bits per heavy atom. The van der Waals surface area contributed by atoms with Crippen LogP contribution in [0.25, 0.3) is 0 Å². The fraction of sp³-hybridized carbons (Fsp3) is 0.667. The molecule has 0 aliphatic carbocycles. The zero-order chi connectivity index (χ0) is 12.7. The van der Waals surface area contributed by atoms with Gasteiger partial charge in [0.15, 0.2) is 0 Å². The van der Waals surface area contributed by atoms with Crippen molar-refractivity contribution in [3.8, 4) is 0 Å². The lowest BCUT2D eigenvalue weighted by Crippen LogP contribution is -2.44. The van der Waals surface area contributed by atoms with Gasteiger partial charge < -0.3 is 10.6 Å². The summed E-state index contributed by atoms with van der Waals surface area (Å²) in [7, 11) is 0. The molecular formula is C12H20N2O2. The van der Waals surface area contributed by atoms with Crippen LogP contribution in [0.2, 0.25) is 0 Å². The topological polar surface area (TPSA) is 58.2 Å². The Morgan fingerprint density at radius 3 is 1.12 bits per heavy atom. The minimum atomic E-state index is -0.429.